The molecule has 1 aliphatic rings. The topological polar surface area (TPSA) is 0 Å². The van der Waals surface area contributed by atoms with Gasteiger partial charge in [-0.2, -0.15) is 0 Å². The molecule has 0 unspecified atom stereocenters. The minimum Gasteiger partial charge on any atom is -0.141 e. The van der Waals surface area contributed by atoms with Gasteiger partial charge < -0.3 is 0 Å². The fraction of sp³-hybridized carbons (Fsp3) is 0.308. The zero-order valence-corrected chi connectivity index (χ0v) is 17.2. The van der Waals surface area contributed by atoms with E-state index < -0.39 is 0 Å². The third kappa shape index (κ3) is 3.94. The van der Waals surface area contributed by atoms with Crippen LogP contribution in [0.1, 0.15) is 59.6 Å². The number of hydrogen-bond acceptors (Lipinski definition) is 1. The highest BCUT2D eigenvalue weighted by Gasteiger charge is 2.18. The van der Waals surface area contributed by atoms with Crippen LogP contribution >= 0.6 is 11.3 Å². The van der Waals surface area contributed by atoms with Crippen molar-refractivity contribution in [1.29, 1.82) is 0 Å². The van der Waals surface area contributed by atoms with Crippen LogP contribution in [0.15, 0.2) is 54.6 Å². The predicted molar refractivity (Wildman–Crippen MR) is 120 cm³/mol. The van der Waals surface area contributed by atoms with Gasteiger partial charge in [0.05, 0.1) is 0 Å². The SMILES string of the molecule is CCCCc1ccc(-c2cccc3c2C=C(c2ccc(CCC)s2)C3)cc1. The lowest BCUT2D eigenvalue weighted by Gasteiger charge is -2.09. The van der Waals surface area contributed by atoms with Crippen LogP contribution in [0.4, 0.5) is 0 Å². The zero-order valence-electron chi connectivity index (χ0n) is 16.4. The number of unbranched alkanes of at least 4 members (excludes halogenated alkanes) is 1. The average molecular weight is 373 g/mol. The van der Waals surface area contributed by atoms with Gasteiger partial charge in [-0.3, -0.25) is 0 Å². The Kier molecular flexibility index (Phi) is 5.59. The van der Waals surface area contributed by atoms with Crippen LogP contribution < -0.4 is 0 Å². The minimum atomic E-state index is 1.06. The lowest BCUT2D eigenvalue weighted by atomic mass is 9.96. The second kappa shape index (κ2) is 8.27. The summed E-state index contributed by atoms with van der Waals surface area (Å²) in [4.78, 5) is 2.95. The van der Waals surface area contributed by atoms with Crippen molar-refractivity contribution < 1.29 is 0 Å². The van der Waals surface area contributed by atoms with Crippen molar-refractivity contribution in [3.8, 4) is 11.1 Å². The van der Waals surface area contributed by atoms with Gasteiger partial charge in [0.25, 0.3) is 0 Å². The summed E-state index contributed by atoms with van der Waals surface area (Å²) >= 11 is 1.97. The Morgan fingerprint density at radius 3 is 2.48 bits per heavy atom. The normalized spacial score (nSPS) is 12.9. The van der Waals surface area contributed by atoms with E-state index >= 15 is 0 Å². The molecule has 1 heteroatoms. The van der Waals surface area contributed by atoms with E-state index in [0.717, 1.165) is 6.42 Å². The van der Waals surface area contributed by atoms with Crippen molar-refractivity contribution in [3.63, 3.8) is 0 Å². The van der Waals surface area contributed by atoms with Crippen LogP contribution in [-0.4, -0.2) is 0 Å². The Balaban J connectivity index is 1.62. The lowest BCUT2D eigenvalue weighted by Crippen LogP contribution is -1.89. The van der Waals surface area contributed by atoms with Gasteiger partial charge in [0.15, 0.2) is 0 Å². The minimum absolute atomic E-state index is 1.06. The Morgan fingerprint density at radius 2 is 1.70 bits per heavy atom. The first-order valence-electron chi connectivity index (χ1n) is 10.3. The van der Waals surface area contributed by atoms with E-state index in [1.165, 1.54) is 75.2 Å². The number of benzene rings is 2. The molecule has 1 heterocycles. The van der Waals surface area contributed by atoms with Crippen LogP contribution in [0, 0.1) is 0 Å². The maximum Gasteiger partial charge on any atom is 0.0308 e. The molecule has 1 aliphatic carbocycles. The molecule has 2 aromatic carbocycles. The summed E-state index contributed by atoms with van der Waals surface area (Å²) in [6.45, 7) is 4.51. The summed E-state index contributed by atoms with van der Waals surface area (Å²) in [5.41, 5.74) is 8.51. The van der Waals surface area contributed by atoms with Gasteiger partial charge in [-0.05, 0) is 77.3 Å². The largest absolute Gasteiger partial charge is 0.141 e. The van der Waals surface area contributed by atoms with Crippen molar-refractivity contribution in [2.45, 2.75) is 52.4 Å². The van der Waals surface area contributed by atoms with Crippen molar-refractivity contribution in [1.82, 2.24) is 0 Å². The average Bonchev–Trinajstić information content (AvgIpc) is 3.33. The second-order valence-electron chi connectivity index (χ2n) is 7.54. The molecule has 0 spiro atoms. The molecule has 0 amide bonds. The summed E-state index contributed by atoms with van der Waals surface area (Å²) in [5, 5.41) is 0. The highest BCUT2D eigenvalue weighted by atomic mass is 32.1. The first-order chi connectivity index (χ1) is 13.3. The maximum absolute atomic E-state index is 2.43. The number of allylic oxidation sites excluding steroid dienone is 1. The Labute approximate surface area is 167 Å². The molecule has 0 N–H and O–H groups in total. The highest BCUT2D eigenvalue weighted by Crippen LogP contribution is 2.39. The van der Waals surface area contributed by atoms with Crippen molar-refractivity contribution in [2.75, 3.05) is 0 Å². The Bertz CT molecular complexity index is 941. The van der Waals surface area contributed by atoms with Crippen LogP contribution in [0.3, 0.4) is 0 Å². The van der Waals surface area contributed by atoms with E-state index in [-0.39, 0.29) is 0 Å². The van der Waals surface area contributed by atoms with Crippen molar-refractivity contribution in [3.05, 3.63) is 81.0 Å². The molecule has 138 valence electrons. The molecule has 0 aliphatic heterocycles. The summed E-state index contributed by atoms with van der Waals surface area (Å²) < 4.78 is 0. The van der Waals surface area contributed by atoms with Gasteiger partial charge in [0.1, 0.15) is 0 Å². The quantitative estimate of drug-likeness (QED) is 0.397. The number of fused-ring (bicyclic) bond motifs is 1. The van der Waals surface area contributed by atoms with Gasteiger partial charge in [0, 0.05) is 9.75 Å². The van der Waals surface area contributed by atoms with Crippen molar-refractivity contribution in [2.24, 2.45) is 0 Å². The summed E-state index contributed by atoms with van der Waals surface area (Å²) in [5.74, 6) is 0. The standard InChI is InChI=1S/C26H28S/c1-3-5-8-19-11-13-20(14-12-19)24-10-6-9-21-17-22(18-25(21)24)26-16-15-23(27-26)7-4-2/h6,9-16,18H,3-5,7-8,17H2,1-2H3. The molecular weight excluding hydrogens is 344 g/mol. The second-order valence-corrected chi connectivity index (χ2v) is 8.71. The van der Waals surface area contributed by atoms with E-state index in [0.29, 0.717) is 0 Å². The molecule has 0 saturated heterocycles. The maximum atomic E-state index is 2.43. The molecule has 0 radical (unpaired) electrons. The number of hydrogen-bond donors (Lipinski definition) is 0. The summed E-state index contributed by atoms with van der Waals surface area (Å²) in [7, 11) is 0. The molecule has 0 nitrogen and oxygen atoms in total. The molecule has 0 atom stereocenters. The first kappa shape index (κ1) is 18.3. The van der Waals surface area contributed by atoms with Crippen LogP contribution in [0.25, 0.3) is 22.8 Å². The summed E-state index contributed by atoms with van der Waals surface area (Å²) in [6.07, 6.45) is 9.61. The van der Waals surface area contributed by atoms with E-state index in [1.54, 1.807) is 0 Å². The monoisotopic (exact) mass is 372 g/mol. The highest BCUT2D eigenvalue weighted by molar-refractivity contribution is 7.13. The fourth-order valence-electron chi connectivity index (χ4n) is 3.94. The van der Waals surface area contributed by atoms with E-state index in [4.69, 9.17) is 0 Å². The molecule has 0 bridgehead atoms. The molecule has 0 saturated carbocycles. The summed E-state index contributed by atoms with van der Waals surface area (Å²) in [6, 6.07) is 20.6. The Morgan fingerprint density at radius 1 is 0.852 bits per heavy atom. The zero-order chi connectivity index (χ0) is 18.6. The number of thiophene rings is 1. The van der Waals surface area contributed by atoms with E-state index in [1.807, 2.05) is 11.3 Å². The van der Waals surface area contributed by atoms with E-state index in [2.05, 4.69) is 74.5 Å². The first-order valence-corrected chi connectivity index (χ1v) is 11.1. The molecule has 4 rings (SSSR count). The Hall–Kier alpha value is -2.12. The third-order valence-electron chi connectivity index (χ3n) is 5.45. The molecular formula is C26H28S. The van der Waals surface area contributed by atoms with Gasteiger partial charge in [-0.1, -0.05) is 69.2 Å². The molecule has 0 fully saturated rings. The lowest BCUT2D eigenvalue weighted by molar-refractivity contribution is 0.795. The van der Waals surface area contributed by atoms with E-state index in [9.17, 15) is 0 Å². The molecule has 27 heavy (non-hydrogen) atoms. The predicted octanol–water partition coefficient (Wildman–Crippen LogP) is 7.81. The van der Waals surface area contributed by atoms with Crippen LogP contribution in [0.5, 0.6) is 0 Å². The third-order valence-corrected chi connectivity index (χ3v) is 6.67. The van der Waals surface area contributed by atoms with Crippen LogP contribution in [-0.2, 0) is 19.3 Å². The van der Waals surface area contributed by atoms with Gasteiger partial charge in [-0.15, -0.1) is 11.3 Å². The fourth-order valence-corrected chi connectivity index (χ4v) is 5.06. The molecule has 3 aromatic rings. The van der Waals surface area contributed by atoms with Gasteiger partial charge >= 0.3 is 0 Å². The smallest absolute Gasteiger partial charge is 0.0308 e. The molecule has 1 aromatic heterocycles. The van der Waals surface area contributed by atoms with Crippen LogP contribution in [0.2, 0.25) is 0 Å². The number of rotatable bonds is 7. The number of aryl methyl sites for hydroxylation is 2. The van der Waals surface area contributed by atoms with Crippen molar-refractivity contribution >= 4 is 23.0 Å². The van der Waals surface area contributed by atoms with Gasteiger partial charge in [0.2, 0.25) is 0 Å². The van der Waals surface area contributed by atoms with Gasteiger partial charge in [-0.25, -0.2) is 0 Å².